The van der Waals surface area contributed by atoms with Crippen molar-refractivity contribution < 1.29 is 4.79 Å². The van der Waals surface area contributed by atoms with E-state index < -0.39 is 0 Å². The van der Waals surface area contributed by atoms with Crippen LogP contribution in [0.4, 0.5) is 0 Å². The molecule has 0 aliphatic heterocycles. The highest BCUT2D eigenvalue weighted by atomic mass is 79.9. The van der Waals surface area contributed by atoms with E-state index in [1.165, 1.54) is 5.56 Å². The number of halogens is 1. The SMILES string of the molecule is CC(C)C(Br)C(=O)N(CCN(C)C)Cc1ccccc1. The van der Waals surface area contributed by atoms with Crippen molar-refractivity contribution in [3.05, 3.63) is 35.9 Å². The first-order valence-electron chi connectivity index (χ1n) is 7.03. The lowest BCUT2D eigenvalue weighted by Crippen LogP contribution is -2.41. The van der Waals surface area contributed by atoms with Gasteiger partial charge < -0.3 is 9.80 Å². The van der Waals surface area contributed by atoms with Gasteiger partial charge in [-0.2, -0.15) is 0 Å². The normalized spacial score (nSPS) is 12.8. The summed E-state index contributed by atoms with van der Waals surface area (Å²) in [6, 6.07) is 10.1. The number of rotatable bonds is 7. The lowest BCUT2D eigenvalue weighted by molar-refractivity contribution is -0.131. The second-order valence-corrected chi connectivity index (χ2v) is 6.68. The molecule has 0 aliphatic carbocycles. The van der Waals surface area contributed by atoms with Crippen molar-refractivity contribution in [2.45, 2.75) is 25.2 Å². The Morgan fingerprint density at radius 2 is 1.75 bits per heavy atom. The average Bonchev–Trinajstić information content (AvgIpc) is 2.42. The molecule has 0 fully saturated rings. The molecule has 0 spiro atoms. The second kappa shape index (κ2) is 8.42. The van der Waals surface area contributed by atoms with E-state index in [2.05, 4.69) is 46.8 Å². The smallest absolute Gasteiger partial charge is 0.236 e. The van der Waals surface area contributed by atoms with Gasteiger partial charge in [-0.15, -0.1) is 0 Å². The molecule has 1 aromatic carbocycles. The molecule has 0 radical (unpaired) electrons. The second-order valence-electron chi connectivity index (χ2n) is 5.69. The number of carbonyl (C=O) groups excluding carboxylic acids is 1. The van der Waals surface area contributed by atoms with E-state index in [-0.39, 0.29) is 10.7 Å². The molecule has 0 bridgehead atoms. The Morgan fingerprint density at radius 1 is 1.15 bits per heavy atom. The number of benzene rings is 1. The summed E-state index contributed by atoms with van der Waals surface area (Å²) in [6.45, 7) is 6.40. The fourth-order valence-corrected chi connectivity index (χ4v) is 2.14. The molecule has 0 saturated heterocycles. The number of hydrogen-bond acceptors (Lipinski definition) is 2. The summed E-state index contributed by atoms with van der Waals surface area (Å²) in [5, 5.41) is 0. The van der Waals surface area contributed by atoms with Gasteiger partial charge in [-0.05, 0) is 25.6 Å². The molecule has 1 atom stereocenters. The summed E-state index contributed by atoms with van der Waals surface area (Å²) in [7, 11) is 4.05. The predicted molar refractivity (Wildman–Crippen MR) is 88.0 cm³/mol. The standard InChI is InChI=1S/C16H25BrN2O/c1-13(2)15(17)16(20)19(11-10-18(3)4)12-14-8-6-5-7-9-14/h5-9,13,15H,10-12H2,1-4H3. The largest absolute Gasteiger partial charge is 0.336 e. The molecule has 0 aliphatic rings. The van der Waals surface area contributed by atoms with Crippen LogP contribution in [0.3, 0.4) is 0 Å². The highest BCUT2D eigenvalue weighted by molar-refractivity contribution is 9.10. The summed E-state index contributed by atoms with van der Waals surface area (Å²) in [5.41, 5.74) is 1.17. The summed E-state index contributed by atoms with van der Waals surface area (Å²) in [4.78, 5) is 16.5. The molecule has 112 valence electrons. The molecule has 1 rings (SSSR count). The minimum atomic E-state index is -0.117. The van der Waals surface area contributed by atoms with Gasteiger partial charge in [0.25, 0.3) is 0 Å². The Morgan fingerprint density at radius 3 is 2.25 bits per heavy atom. The maximum atomic E-state index is 12.6. The van der Waals surface area contributed by atoms with E-state index >= 15 is 0 Å². The molecular formula is C16H25BrN2O. The molecule has 0 aromatic heterocycles. The van der Waals surface area contributed by atoms with Crippen LogP contribution < -0.4 is 0 Å². The number of nitrogens with zero attached hydrogens (tertiary/aromatic N) is 2. The van der Waals surface area contributed by atoms with Gasteiger partial charge in [0.2, 0.25) is 5.91 Å². The zero-order chi connectivity index (χ0) is 15.1. The third kappa shape index (κ3) is 5.63. The van der Waals surface area contributed by atoms with Gasteiger partial charge in [0.05, 0.1) is 4.83 Å². The molecule has 0 N–H and O–H groups in total. The quantitative estimate of drug-likeness (QED) is 0.712. The molecule has 1 unspecified atom stereocenters. The van der Waals surface area contributed by atoms with E-state index in [4.69, 9.17) is 0 Å². The van der Waals surface area contributed by atoms with E-state index in [0.717, 1.165) is 13.1 Å². The first kappa shape index (κ1) is 17.2. The van der Waals surface area contributed by atoms with Crippen molar-refractivity contribution in [1.82, 2.24) is 9.80 Å². The average molecular weight is 341 g/mol. The monoisotopic (exact) mass is 340 g/mol. The predicted octanol–water partition coefficient (Wildman–Crippen LogP) is 3.00. The van der Waals surface area contributed by atoms with Crippen LogP contribution in [0, 0.1) is 5.92 Å². The van der Waals surface area contributed by atoms with Gasteiger partial charge in [-0.1, -0.05) is 60.1 Å². The van der Waals surface area contributed by atoms with Crippen LogP contribution in [-0.4, -0.2) is 47.7 Å². The van der Waals surface area contributed by atoms with Gasteiger partial charge in [0.1, 0.15) is 0 Å². The minimum absolute atomic E-state index is 0.117. The molecule has 3 nitrogen and oxygen atoms in total. The highest BCUT2D eigenvalue weighted by Crippen LogP contribution is 2.17. The molecule has 20 heavy (non-hydrogen) atoms. The lowest BCUT2D eigenvalue weighted by Gasteiger charge is -2.28. The highest BCUT2D eigenvalue weighted by Gasteiger charge is 2.24. The first-order valence-corrected chi connectivity index (χ1v) is 7.95. The van der Waals surface area contributed by atoms with Gasteiger partial charge >= 0.3 is 0 Å². The third-order valence-corrected chi connectivity index (χ3v) is 4.62. The van der Waals surface area contributed by atoms with Crippen molar-refractivity contribution in [2.24, 2.45) is 5.92 Å². The van der Waals surface area contributed by atoms with Crippen LogP contribution in [-0.2, 0) is 11.3 Å². The Balaban J connectivity index is 2.76. The zero-order valence-corrected chi connectivity index (χ0v) is 14.4. The van der Waals surface area contributed by atoms with Crippen molar-refractivity contribution in [2.75, 3.05) is 27.2 Å². The Labute approximate surface area is 131 Å². The lowest BCUT2D eigenvalue weighted by atomic mass is 10.1. The third-order valence-electron chi connectivity index (χ3n) is 3.17. The number of hydrogen-bond donors (Lipinski definition) is 0. The van der Waals surface area contributed by atoms with Gasteiger partial charge in [-0.3, -0.25) is 4.79 Å². The van der Waals surface area contributed by atoms with Crippen LogP contribution in [0.2, 0.25) is 0 Å². The van der Waals surface area contributed by atoms with E-state index in [1.54, 1.807) is 0 Å². The van der Waals surface area contributed by atoms with Crippen LogP contribution >= 0.6 is 15.9 Å². The van der Waals surface area contributed by atoms with Gasteiger partial charge in [0, 0.05) is 19.6 Å². The van der Waals surface area contributed by atoms with Gasteiger partial charge in [0.15, 0.2) is 0 Å². The molecule has 1 amide bonds. The van der Waals surface area contributed by atoms with E-state index in [1.807, 2.05) is 37.2 Å². The van der Waals surface area contributed by atoms with Crippen LogP contribution in [0.1, 0.15) is 19.4 Å². The topological polar surface area (TPSA) is 23.6 Å². The van der Waals surface area contributed by atoms with Gasteiger partial charge in [-0.25, -0.2) is 0 Å². The summed E-state index contributed by atoms with van der Waals surface area (Å²) >= 11 is 3.52. The molecule has 0 saturated carbocycles. The Kier molecular flexibility index (Phi) is 7.24. The van der Waals surface area contributed by atoms with Crippen molar-refractivity contribution in [3.63, 3.8) is 0 Å². The van der Waals surface area contributed by atoms with E-state index in [9.17, 15) is 4.79 Å². The molecular weight excluding hydrogens is 316 g/mol. The number of carbonyl (C=O) groups is 1. The summed E-state index contributed by atoms with van der Waals surface area (Å²) in [5.74, 6) is 0.464. The summed E-state index contributed by atoms with van der Waals surface area (Å²) < 4.78 is 0. The number of likely N-dealkylation sites (N-methyl/N-ethyl adjacent to an activating group) is 1. The van der Waals surface area contributed by atoms with E-state index in [0.29, 0.717) is 12.5 Å². The minimum Gasteiger partial charge on any atom is -0.336 e. The molecule has 1 aromatic rings. The van der Waals surface area contributed by atoms with Crippen LogP contribution in [0.15, 0.2) is 30.3 Å². The molecule has 4 heteroatoms. The Bertz CT molecular complexity index is 406. The molecule has 0 heterocycles. The fourth-order valence-electron chi connectivity index (χ4n) is 1.85. The number of alkyl halides is 1. The van der Waals surface area contributed by atoms with Crippen molar-refractivity contribution in [1.29, 1.82) is 0 Å². The van der Waals surface area contributed by atoms with Crippen molar-refractivity contribution in [3.8, 4) is 0 Å². The maximum absolute atomic E-state index is 12.6. The Hall–Kier alpha value is -0.870. The zero-order valence-electron chi connectivity index (χ0n) is 12.8. The maximum Gasteiger partial charge on any atom is 0.236 e. The van der Waals surface area contributed by atoms with Crippen molar-refractivity contribution >= 4 is 21.8 Å². The van der Waals surface area contributed by atoms with Crippen LogP contribution in [0.5, 0.6) is 0 Å². The number of amides is 1. The fraction of sp³-hybridized carbons (Fsp3) is 0.562. The summed E-state index contributed by atoms with van der Waals surface area (Å²) in [6.07, 6.45) is 0. The van der Waals surface area contributed by atoms with Crippen LogP contribution in [0.25, 0.3) is 0 Å². The first-order chi connectivity index (χ1) is 9.41.